The molecule has 1 aromatic heterocycles. The summed E-state index contributed by atoms with van der Waals surface area (Å²) in [5, 5.41) is 1.91. The molecule has 2 heterocycles. The van der Waals surface area contributed by atoms with Gasteiger partial charge in [-0.15, -0.1) is 0 Å². The molecule has 0 saturated heterocycles. The van der Waals surface area contributed by atoms with Crippen LogP contribution in [0.2, 0.25) is 0 Å². The van der Waals surface area contributed by atoms with Crippen molar-refractivity contribution in [2.24, 2.45) is 0 Å². The van der Waals surface area contributed by atoms with Crippen LogP contribution in [-0.2, 0) is 13.0 Å². The molecular formula is C18H19NO2S. The highest BCUT2D eigenvalue weighted by molar-refractivity contribution is 8.24. The van der Waals surface area contributed by atoms with Crippen molar-refractivity contribution < 1.29 is 9.11 Å². The molecule has 2 aromatic carbocycles. The molecule has 0 radical (unpaired) electrons. The number of rotatable bonds is 2. The molecule has 0 amide bonds. The van der Waals surface area contributed by atoms with E-state index >= 15 is 0 Å². The number of aryl methyl sites for hydroxylation is 1. The first-order valence-electron chi connectivity index (χ1n) is 7.57. The van der Waals surface area contributed by atoms with Gasteiger partial charge in [-0.05, 0) is 24.5 Å². The Labute approximate surface area is 131 Å². The number of benzene rings is 2. The lowest BCUT2D eigenvalue weighted by molar-refractivity contribution is 0.465. The van der Waals surface area contributed by atoms with Gasteiger partial charge >= 0.3 is 0 Å². The first-order valence-corrected chi connectivity index (χ1v) is 9.28. The average molecular weight is 313 g/mol. The molecular weight excluding hydrogens is 294 g/mol. The van der Waals surface area contributed by atoms with E-state index in [2.05, 4.69) is 28.8 Å². The summed E-state index contributed by atoms with van der Waals surface area (Å²) in [7, 11) is -2.69. The monoisotopic (exact) mass is 313 g/mol. The summed E-state index contributed by atoms with van der Waals surface area (Å²) in [6.45, 7) is 0.673. The minimum Gasteiger partial charge on any atom is -0.323 e. The van der Waals surface area contributed by atoms with Crippen molar-refractivity contribution in [3.05, 3.63) is 65.7 Å². The zero-order valence-electron chi connectivity index (χ0n) is 12.3. The van der Waals surface area contributed by atoms with Crippen molar-refractivity contribution in [1.29, 1.82) is 0 Å². The fourth-order valence-electron chi connectivity index (χ4n) is 3.44. The molecule has 0 bridgehead atoms. The van der Waals surface area contributed by atoms with Crippen LogP contribution in [0.5, 0.6) is 0 Å². The minimum atomic E-state index is -2.69. The van der Waals surface area contributed by atoms with E-state index in [0.29, 0.717) is 12.3 Å². The highest BCUT2D eigenvalue weighted by Gasteiger charge is 2.31. The van der Waals surface area contributed by atoms with Gasteiger partial charge in [0.15, 0.2) is 0 Å². The fraction of sp³-hybridized carbons (Fsp3) is 0.222. The predicted molar refractivity (Wildman–Crippen MR) is 91.8 cm³/mol. The van der Waals surface area contributed by atoms with E-state index in [0.717, 1.165) is 34.3 Å². The number of fused-ring (bicyclic) bond motifs is 3. The van der Waals surface area contributed by atoms with E-state index in [1.54, 1.807) is 0 Å². The van der Waals surface area contributed by atoms with E-state index in [1.807, 2.05) is 30.3 Å². The molecule has 4 rings (SSSR count). The van der Waals surface area contributed by atoms with Crippen LogP contribution in [0.15, 0.2) is 59.6 Å². The van der Waals surface area contributed by atoms with Gasteiger partial charge in [-0.3, -0.25) is 9.11 Å². The second kappa shape index (κ2) is 5.16. The van der Waals surface area contributed by atoms with Crippen LogP contribution < -0.4 is 0 Å². The molecule has 1 aliphatic rings. The third-order valence-electron chi connectivity index (χ3n) is 4.37. The molecule has 0 aliphatic carbocycles. The van der Waals surface area contributed by atoms with Crippen LogP contribution in [0.25, 0.3) is 10.9 Å². The van der Waals surface area contributed by atoms with Crippen LogP contribution >= 0.6 is 10.6 Å². The first-order chi connectivity index (χ1) is 10.7. The van der Waals surface area contributed by atoms with Gasteiger partial charge in [0.2, 0.25) is 0 Å². The van der Waals surface area contributed by atoms with Gasteiger partial charge in [-0.1, -0.05) is 48.5 Å². The quantitative estimate of drug-likeness (QED) is 0.717. The molecule has 22 heavy (non-hydrogen) atoms. The van der Waals surface area contributed by atoms with Gasteiger partial charge in [0.1, 0.15) is 5.03 Å². The van der Waals surface area contributed by atoms with Crippen molar-refractivity contribution in [3.8, 4) is 0 Å². The van der Waals surface area contributed by atoms with Gasteiger partial charge in [0.05, 0.1) is 5.52 Å². The maximum absolute atomic E-state index is 10.6. The van der Waals surface area contributed by atoms with E-state index in [-0.39, 0.29) is 0 Å². The summed E-state index contributed by atoms with van der Waals surface area (Å²) in [6.07, 6.45) is 1.77. The van der Waals surface area contributed by atoms with Gasteiger partial charge < -0.3 is 4.57 Å². The topological polar surface area (TPSA) is 45.4 Å². The second-order valence-corrected chi connectivity index (χ2v) is 7.98. The fourth-order valence-corrected chi connectivity index (χ4v) is 5.30. The molecule has 0 spiro atoms. The lowest BCUT2D eigenvalue weighted by Crippen LogP contribution is -2.17. The summed E-state index contributed by atoms with van der Waals surface area (Å²) in [5.41, 5.74) is 3.39. The molecule has 0 unspecified atom stereocenters. The minimum absolute atomic E-state index is 0.477. The second-order valence-electron chi connectivity index (χ2n) is 5.85. The van der Waals surface area contributed by atoms with Gasteiger partial charge in [0, 0.05) is 23.2 Å². The molecule has 3 aromatic rings. The number of hydrogen-bond donors (Lipinski definition) is 2. The molecule has 0 saturated carbocycles. The molecule has 1 aliphatic heterocycles. The lowest BCUT2D eigenvalue weighted by Gasteiger charge is -2.37. The standard InChI is InChI=1S/C18H19NO2S/c20-22(21)12-6-10-16-15-9-4-5-11-17(15)19(18(16)22)13-14-7-2-1-3-8-14/h1-5,7-9,11,20-21H,6,10,12-13H2. The maximum Gasteiger partial charge on any atom is 0.131 e. The number of hydrogen-bond acceptors (Lipinski definition) is 2. The molecule has 3 nitrogen and oxygen atoms in total. The van der Waals surface area contributed by atoms with Crippen LogP contribution in [0.3, 0.4) is 0 Å². The van der Waals surface area contributed by atoms with Gasteiger partial charge in [-0.25, -0.2) is 0 Å². The van der Waals surface area contributed by atoms with Crippen molar-refractivity contribution in [1.82, 2.24) is 4.57 Å². The highest BCUT2D eigenvalue weighted by atomic mass is 32.3. The largest absolute Gasteiger partial charge is 0.323 e. The van der Waals surface area contributed by atoms with Gasteiger partial charge in [0.25, 0.3) is 0 Å². The van der Waals surface area contributed by atoms with Crippen LogP contribution in [0, 0.1) is 0 Å². The van der Waals surface area contributed by atoms with Crippen molar-refractivity contribution in [2.45, 2.75) is 24.4 Å². The van der Waals surface area contributed by atoms with Crippen LogP contribution in [-0.4, -0.2) is 19.4 Å². The number of aromatic nitrogens is 1. The Morgan fingerprint density at radius 3 is 2.50 bits per heavy atom. The number of para-hydroxylation sites is 1. The van der Waals surface area contributed by atoms with E-state index in [4.69, 9.17) is 0 Å². The van der Waals surface area contributed by atoms with Crippen molar-refractivity contribution >= 4 is 21.5 Å². The van der Waals surface area contributed by atoms with Crippen LogP contribution in [0.1, 0.15) is 17.5 Å². The van der Waals surface area contributed by atoms with Gasteiger partial charge in [-0.2, -0.15) is 10.6 Å². The Bertz CT molecular complexity index is 824. The average Bonchev–Trinajstić information content (AvgIpc) is 2.84. The Balaban J connectivity index is 1.97. The van der Waals surface area contributed by atoms with E-state index in [1.165, 1.54) is 5.56 Å². The summed E-state index contributed by atoms with van der Waals surface area (Å²) in [6, 6.07) is 18.4. The Morgan fingerprint density at radius 2 is 1.68 bits per heavy atom. The van der Waals surface area contributed by atoms with E-state index < -0.39 is 10.6 Å². The van der Waals surface area contributed by atoms with Crippen molar-refractivity contribution in [3.63, 3.8) is 0 Å². The summed E-state index contributed by atoms with van der Waals surface area (Å²) in [4.78, 5) is 0. The molecule has 114 valence electrons. The third kappa shape index (κ3) is 2.15. The van der Waals surface area contributed by atoms with Crippen LogP contribution in [0.4, 0.5) is 0 Å². The third-order valence-corrected chi connectivity index (χ3v) is 6.32. The lowest BCUT2D eigenvalue weighted by atomic mass is 10.1. The summed E-state index contributed by atoms with van der Waals surface area (Å²) in [5.74, 6) is 0.477. The highest BCUT2D eigenvalue weighted by Crippen LogP contribution is 2.56. The summed E-state index contributed by atoms with van der Waals surface area (Å²) < 4.78 is 23.3. The predicted octanol–water partition coefficient (Wildman–Crippen LogP) is 4.75. The Morgan fingerprint density at radius 1 is 0.955 bits per heavy atom. The maximum atomic E-state index is 10.6. The Hall–Kier alpha value is -1.75. The normalized spacial score (nSPS) is 18.1. The molecule has 4 heteroatoms. The molecule has 0 atom stereocenters. The van der Waals surface area contributed by atoms with Crippen molar-refractivity contribution in [2.75, 3.05) is 5.75 Å². The van der Waals surface area contributed by atoms with E-state index in [9.17, 15) is 9.11 Å². The smallest absolute Gasteiger partial charge is 0.131 e. The Kier molecular flexibility index (Phi) is 3.26. The zero-order chi connectivity index (χ0) is 15.2. The zero-order valence-corrected chi connectivity index (χ0v) is 13.1. The SMILES string of the molecule is OS1(O)CCCc2c1n(Cc1ccccc1)c1ccccc21. The first kappa shape index (κ1) is 13.9. The summed E-state index contributed by atoms with van der Waals surface area (Å²) >= 11 is 0. The number of nitrogens with zero attached hydrogens (tertiary/aromatic N) is 1. The molecule has 0 fully saturated rings. The molecule has 2 N–H and O–H groups in total.